The van der Waals surface area contributed by atoms with E-state index >= 15 is 0 Å². The maximum Gasteiger partial charge on any atom is 0.266 e. The van der Waals surface area contributed by atoms with Crippen LogP contribution in [0.25, 0.3) is 0 Å². The first-order valence-corrected chi connectivity index (χ1v) is 6.53. The first kappa shape index (κ1) is 15.2. The number of carbonyl (C=O) groups excluding carboxylic acids is 1. The lowest BCUT2D eigenvalue weighted by atomic mass is 10.3. The highest BCUT2D eigenvalue weighted by Crippen LogP contribution is 2.28. The molecule has 0 aliphatic carbocycles. The number of methoxy groups -OCH3 is 2. The fourth-order valence-corrected chi connectivity index (χ4v) is 2.18. The molecule has 1 amide bonds. The first-order chi connectivity index (χ1) is 8.90. The molecule has 0 atom stereocenters. The van der Waals surface area contributed by atoms with Crippen molar-refractivity contribution in [1.82, 2.24) is 4.89 Å². The molecule has 19 heavy (non-hydrogen) atoms. The number of nitrogens with one attached hydrogen (secondary N) is 1. The lowest BCUT2D eigenvalue weighted by molar-refractivity contribution is -0.123. The lowest BCUT2D eigenvalue weighted by Gasteiger charge is -2.11. The molecule has 1 rings (SSSR count). The number of sulfonamides is 1. The van der Waals surface area contributed by atoms with Gasteiger partial charge in [0.2, 0.25) is 5.91 Å². The number of hydrogen-bond acceptors (Lipinski definition) is 6. The van der Waals surface area contributed by atoms with Crippen LogP contribution in [0.3, 0.4) is 0 Å². The quantitative estimate of drug-likeness (QED) is 0.647. The molecule has 0 aromatic heterocycles. The van der Waals surface area contributed by atoms with Gasteiger partial charge in [-0.15, -0.1) is 0 Å². The van der Waals surface area contributed by atoms with Crippen LogP contribution in [-0.2, 0) is 19.7 Å². The van der Waals surface area contributed by atoms with E-state index in [1.165, 1.54) is 32.4 Å². The van der Waals surface area contributed by atoms with Crippen LogP contribution in [0.4, 0.5) is 0 Å². The average molecular weight is 290 g/mol. The molecular formula is C10H14N2O6S. The molecule has 0 aliphatic rings. The zero-order valence-corrected chi connectivity index (χ0v) is 11.2. The predicted molar refractivity (Wildman–Crippen MR) is 65.0 cm³/mol. The second kappa shape index (κ2) is 6.36. The number of ether oxygens (including phenoxy) is 2. The molecule has 0 fully saturated rings. The van der Waals surface area contributed by atoms with Gasteiger partial charge in [-0.05, 0) is 12.1 Å². The third kappa shape index (κ3) is 4.09. The zero-order chi connectivity index (χ0) is 14.5. The Labute approximate surface area is 110 Å². The average Bonchev–Trinajstić information content (AvgIpc) is 2.37. The van der Waals surface area contributed by atoms with E-state index in [9.17, 15) is 13.2 Å². The third-order valence-corrected chi connectivity index (χ3v) is 3.30. The van der Waals surface area contributed by atoms with E-state index in [-0.39, 0.29) is 10.6 Å². The molecule has 3 N–H and O–H groups in total. The van der Waals surface area contributed by atoms with Crippen molar-refractivity contribution in [2.75, 3.05) is 20.8 Å². The van der Waals surface area contributed by atoms with Crippen LogP contribution < -0.4 is 20.1 Å². The largest absolute Gasteiger partial charge is 0.497 e. The predicted octanol–water partition coefficient (Wildman–Crippen LogP) is -0.601. The highest BCUT2D eigenvalue weighted by molar-refractivity contribution is 7.89. The summed E-state index contributed by atoms with van der Waals surface area (Å²) in [7, 11) is -1.23. The van der Waals surface area contributed by atoms with Crippen LogP contribution in [-0.4, -0.2) is 35.2 Å². The minimum Gasteiger partial charge on any atom is -0.497 e. The topological polar surface area (TPSA) is 117 Å². The molecule has 9 heteroatoms. The van der Waals surface area contributed by atoms with E-state index in [1.807, 2.05) is 0 Å². The normalized spacial score (nSPS) is 11.1. The van der Waals surface area contributed by atoms with Gasteiger partial charge in [0.15, 0.2) is 0 Å². The summed E-state index contributed by atoms with van der Waals surface area (Å²) in [6.07, 6.45) is 0. The Balaban J connectivity index is 2.97. The van der Waals surface area contributed by atoms with Gasteiger partial charge in [0.05, 0.1) is 14.2 Å². The van der Waals surface area contributed by atoms with E-state index in [0.29, 0.717) is 5.75 Å². The number of amides is 1. The third-order valence-electron chi connectivity index (χ3n) is 2.04. The van der Waals surface area contributed by atoms with Gasteiger partial charge >= 0.3 is 0 Å². The molecule has 1 aromatic rings. The zero-order valence-electron chi connectivity index (χ0n) is 10.4. The fraction of sp³-hybridized carbons (Fsp3) is 0.300. The second-order valence-electron chi connectivity index (χ2n) is 3.36. The van der Waals surface area contributed by atoms with Gasteiger partial charge in [-0.2, -0.15) is 0 Å². The summed E-state index contributed by atoms with van der Waals surface area (Å²) in [6.45, 7) is -0.572. The SMILES string of the molecule is COc1ccc(S(=O)(=O)NOCC(N)=O)c(OC)c1. The highest BCUT2D eigenvalue weighted by atomic mass is 32.2. The summed E-state index contributed by atoms with van der Waals surface area (Å²) in [6, 6.07) is 4.14. The number of rotatable bonds is 7. The maximum atomic E-state index is 11.9. The monoisotopic (exact) mass is 290 g/mol. The Morgan fingerprint density at radius 2 is 2.00 bits per heavy atom. The molecule has 0 spiro atoms. The molecule has 1 aromatic carbocycles. The van der Waals surface area contributed by atoms with E-state index in [4.69, 9.17) is 15.2 Å². The van der Waals surface area contributed by atoms with Gasteiger partial charge in [-0.25, -0.2) is 8.42 Å². The summed E-state index contributed by atoms with van der Waals surface area (Å²) in [5, 5.41) is 0. The van der Waals surface area contributed by atoms with Crippen molar-refractivity contribution in [2.45, 2.75) is 4.90 Å². The molecule has 0 heterocycles. The van der Waals surface area contributed by atoms with Crippen molar-refractivity contribution in [3.63, 3.8) is 0 Å². The molecule has 8 nitrogen and oxygen atoms in total. The maximum absolute atomic E-state index is 11.9. The van der Waals surface area contributed by atoms with Crippen molar-refractivity contribution in [3.8, 4) is 11.5 Å². The fourth-order valence-electron chi connectivity index (χ4n) is 1.22. The number of benzene rings is 1. The van der Waals surface area contributed by atoms with Crippen LogP contribution in [0, 0.1) is 0 Å². The number of hydrogen-bond donors (Lipinski definition) is 2. The van der Waals surface area contributed by atoms with Crippen molar-refractivity contribution < 1.29 is 27.5 Å². The van der Waals surface area contributed by atoms with Crippen LogP contribution in [0.2, 0.25) is 0 Å². The molecule has 0 aliphatic heterocycles. The molecule has 0 bridgehead atoms. The van der Waals surface area contributed by atoms with E-state index in [2.05, 4.69) is 4.84 Å². The first-order valence-electron chi connectivity index (χ1n) is 5.04. The Bertz CT molecular complexity index is 557. The van der Waals surface area contributed by atoms with Gasteiger partial charge in [0, 0.05) is 6.07 Å². The molecule has 0 unspecified atom stereocenters. The highest BCUT2D eigenvalue weighted by Gasteiger charge is 2.20. The van der Waals surface area contributed by atoms with Gasteiger partial charge in [-0.1, -0.05) is 4.89 Å². The summed E-state index contributed by atoms with van der Waals surface area (Å²) >= 11 is 0. The van der Waals surface area contributed by atoms with Gasteiger partial charge < -0.3 is 15.2 Å². The Hall–Kier alpha value is -1.84. The van der Waals surface area contributed by atoms with Crippen LogP contribution >= 0.6 is 0 Å². The summed E-state index contributed by atoms with van der Waals surface area (Å²) in [4.78, 5) is 16.5. The Morgan fingerprint density at radius 3 is 2.53 bits per heavy atom. The number of carbonyl (C=O) groups is 1. The standard InChI is InChI=1S/C10H14N2O6S/c1-16-7-3-4-9(8(5-7)17-2)19(14,15)12-18-6-10(11)13/h3-5,12H,6H2,1-2H3,(H2,11,13). The number of primary amides is 1. The van der Waals surface area contributed by atoms with E-state index in [1.54, 1.807) is 4.89 Å². The van der Waals surface area contributed by atoms with Crippen molar-refractivity contribution in [1.29, 1.82) is 0 Å². The molecule has 0 saturated heterocycles. The smallest absolute Gasteiger partial charge is 0.266 e. The van der Waals surface area contributed by atoms with Crippen LogP contribution in [0.15, 0.2) is 23.1 Å². The summed E-state index contributed by atoms with van der Waals surface area (Å²) < 4.78 is 33.7. The van der Waals surface area contributed by atoms with Crippen molar-refractivity contribution in [2.24, 2.45) is 5.73 Å². The van der Waals surface area contributed by atoms with Gasteiger partial charge in [-0.3, -0.25) is 9.63 Å². The Morgan fingerprint density at radius 1 is 1.32 bits per heavy atom. The van der Waals surface area contributed by atoms with E-state index < -0.39 is 22.5 Å². The molecular weight excluding hydrogens is 276 g/mol. The van der Waals surface area contributed by atoms with Gasteiger partial charge in [0.1, 0.15) is 23.0 Å². The molecule has 106 valence electrons. The minimum absolute atomic E-state index is 0.0783. The van der Waals surface area contributed by atoms with Crippen LogP contribution in [0.1, 0.15) is 0 Å². The lowest BCUT2D eigenvalue weighted by Crippen LogP contribution is -2.29. The summed E-state index contributed by atoms with van der Waals surface area (Å²) in [5.41, 5.74) is 4.81. The minimum atomic E-state index is -3.98. The second-order valence-corrected chi connectivity index (χ2v) is 4.97. The van der Waals surface area contributed by atoms with Crippen LogP contribution in [0.5, 0.6) is 11.5 Å². The van der Waals surface area contributed by atoms with Gasteiger partial charge in [0.25, 0.3) is 10.0 Å². The molecule has 0 saturated carbocycles. The van der Waals surface area contributed by atoms with Crippen molar-refractivity contribution >= 4 is 15.9 Å². The van der Waals surface area contributed by atoms with E-state index in [0.717, 1.165) is 0 Å². The molecule has 0 radical (unpaired) electrons. The number of nitrogens with two attached hydrogens (primary N) is 1. The summed E-state index contributed by atoms with van der Waals surface area (Å²) in [5.74, 6) is -0.284. The van der Waals surface area contributed by atoms with Crippen molar-refractivity contribution in [3.05, 3.63) is 18.2 Å². The Kier molecular flexibility index (Phi) is 5.10.